The van der Waals surface area contributed by atoms with Crippen molar-refractivity contribution in [3.8, 4) is 11.4 Å². The summed E-state index contributed by atoms with van der Waals surface area (Å²) in [4.78, 5) is 24.4. The minimum absolute atomic E-state index is 0.0561. The van der Waals surface area contributed by atoms with E-state index in [0.717, 1.165) is 5.56 Å². The second-order valence-corrected chi connectivity index (χ2v) is 9.17. The number of tetrazole rings is 1. The van der Waals surface area contributed by atoms with Crippen LogP contribution < -0.4 is 0 Å². The van der Waals surface area contributed by atoms with Gasteiger partial charge in [0.15, 0.2) is 11.6 Å². The molecule has 182 valence electrons. The Morgan fingerprint density at radius 2 is 1.97 bits per heavy atom. The number of benzene rings is 1. The number of esters is 1. The van der Waals surface area contributed by atoms with E-state index in [9.17, 15) is 18.0 Å². The van der Waals surface area contributed by atoms with Crippen molar-refractivity contribution in [1.29, 1.82) is 0 Å². The van der Waals surface area contributed by atoms with Crippen LogP contribution in [-0.4, -0.2) is 51.8 Å². The number of allylic oxidation sites excluding steroid dienone is 4. The molecule has 0 saturated carbocycles. The van der Waals surface area contributed by atoms with Crippen LogP contribution in [-0.2, 0) is 35.9 Å². The summed E-state index contributed by atoms with van der Waals surface area (Å²) in [6.45, 7) is 1.91. The van der Waals surface area contributed by atoms with Gasteiger partial charge in [0.2, 0.25) is 10.3 Å². The molecule has 35 heavy (non-hydrogen) atoms. The molecule has 0 amide bonds. The fourth-order valence-electron chi connectivity index (χ4n) is 3.72. The number of carbonyl (C=O) groups excluding carboxylic acids is 2. The molecule has 0 fully saturated rings. The first-order valence-electron chi connectivity index (χ1n) is 10.8. The van der Waals surface area contributed by atoms with Crippen LogP contribution in [0.15, 0.2) is 64.6 Å². The molecule has 1 aromatic heterocycles. The third-order valence-electron chi connectivity index (χ3n) is 5.49. The van der Waals surface area contributed by atoms with E-state index < -0.39 is 22.2 Å². The average molecular weight is 517 g/mol. The van der Waals surface area contributed by atoms with Gasteiger partial charge in [-0.3, -0.25) is 4.79 Å². The lowest BCUT2D eigenvalue weighted by molar-refractivity contribution is -0.135. The Morgan fingerprint density at radius 3 is 2.69 bits per heavy atom. The fourth-order valence-corrected chi connectivity index (χ4v) is 4.68. The van der Waals surface area contributed by atoms with Gasteiger partial charge >= 0.3 is 5.97 Å². The number of ether oxygens (including phenoxy) is 2. The minimum Gasteiger partial charge on any atom is -0.494 e. The molecule has 2 aliphatic carbocycles. The number of ketones is 1. The minimum atomic E-state index is -2.63. The average Bonchev–Trinajstić information content (AvgIpc) is 3.30. The van der Waals surface area contributed by atoms with Gasteiger partial charge in [0.25, 0.3) is 0 Å². The highest BCUT2D eigenvalue weighted by Crippen LogP contribution is 2.33. The molecule has 10 nitrogen and oxygen atoms in total. The molecule has 2 aliphatic rings. The molecule has 0 saturated heterocycles. The van der Waals surface area contributed by atoms with E-state index in [0.29, 0.717) is 25.1 Å². The molecular formula is C23H21ClN4O6S. The van der Waals surface area contributed by atoms with Crippen LogP contribution in [0.1, 0.15) is 26.2 Å². The van der Waals surface area contributed by atoms with Gasteiger partial charge in [0.05, 0.1) is 27.9 Å². The van der Waals surface area contributed by atoms with E-state index >= 15 is 0 Å². The monoisotopic (exact) mass is 516 g/mol. The van der Waals surface area contributed by atoms with Gasteiger partial charge in [-0.2, -0.15) is 8.42 Å². The topological polar surface area (TPSA) is 130 Å². The molecule has 1 heterocycles. The molecule has 1 aromatic carbocycles. The SMILES string of the molecule is CC1C(OCCn2nnnc2-c2ccccc2)=C(Cl)C(C(=O)OC2=CC(=O)CCC2)=CC1=S(=O)=O. The summed E-state index contributed by atoms with van der Waals surface area (Å²) < 4.78 is 36.4. The number of hydrogen-bond acceptors (Lipinski definition) is 9. The molecule has 0 spiro atoms. The second-order valence-electron chi connectivity index (χ2n) is 7.86. The van der Waals surface area contributed by atoms with E-state index in [1.165, 1.54) is 12.2 Å². The second kappa shape index (κ2) is 10.8. The zero-order valence-corrected chi connectivity index (χ0v) is 20.3. The van der Waals surface area contributed by atoms with Crippen molar-refractivity contribution in [2.45, 2.75) is 32.7 Å². The lowest BCUT2D eigenvalue weighted by atomic mass is 9.95. The largest absolute Gasteiger partial charge is 0.494 e. The van der Waals surface area contributed by atoms with Gasteiger partial charge in [-0.1, -0.05) is 48.9 Å². The lowest BCUT2D eigenvalue weighted by Crippen LogP contribution is -2.25. The van der Waals surface area contributed by atoms with E-state index in [1.54, 1.807) is 11.6 Å². The molecule has 1 atom stereocenters. The number of carbonyl (C=O) groups is 2. The number of aromatic nitrogens is 4. The van der Waals surface area contributed by atoms with Crippen molar-refractivity contribution < 1.29 is 27.5 Å². The van der Waals surface area contributed by atoms with Crippen molar-refractivity contribution in [2.75, 3.05) is 6.61 Å². The molecule has 1 unspecified atom stereocenters. The summed E-state index contributed by atoms with van der Waals surface area (Å²) in [6.07, 6.45) is 3.82. The van der Waals surface area contributed by atoms with Crippen LogP contribution in [0.25, 0.3) is 11.4 Å². The normalized spacial score (nSPS) is 18.2. The summed E-state index contributed by atoms with van der Waals surface area (Å²) in [7, 11) is -2.63. The quantitative estimate of drug-likeness (QED) is 0.402. The molecule has 0 radical (unpaired) electrons. The Bertz CT molecular complexity index is 1380. The molecule has 2 aromatic rings. The van der Waals surface area contributed by atoms with Crippen LogP contribution >= 0.6 is 11.6 Å². The van der Waals surface area contributed by atoms with Gasteiger partial charge in [-0.05, 0) is 22.9 Å². The number of hydrogen-bond donors (Lipinski definition) is 0. The van der Waals surface area contributed by atoms with Crippen molar-refractivity contribution in [3.63, 3.8) is 0 Å². The zero-order chi connectivity index (χ0) is 24.9. The highest BCUT2D eigenvalue weighted by molar-refractivity contribution is 7.73. The van der Waals surface area contributed by atoms with Crippen LogP contribution in [0.2, 0.25) is 0 Å². The van der Waals surface area contributed by atoms with Crippen molar-refractivity contribution in [3.05, 3.63) is 64.6 Å². The van der Waals surface area contributed by atoms with Crippen molar-refractivity contribution in [2.24, 2.45) is 5.92 Å². The Balaban J connectivity index is 1.54. The van der Waals surface area contributed by atoms with Gasteiger partial charge < -0.3 is 9.47 Å². The fraction of sp³-hybridized carbons (Fsp3) is 0.304. The van der Waals surface area contributed by atoms with E-state index in [4.69, 9.17) is 21.1 Å². The standard InChI is InChI=1S/C23H21ClN4O6S/c1-14-19(35(31)32)13-18(23(30)34-17-9-5-8-16(29)12-17)20(24)21(14)33-11-10-28-22(25-26-27-28)15-6-3-2-4-7-15/h2-4,6-7,12-14H,5,8-11H2,1H3. The molecule has 12 heteroatoms. The van der Waals surface area contributed by atoms with Crippen LogP contribution in [0.4, 0.5) is 0 Å². The summed E-state index contributed by atoms with van der Waals surface area (Å²) in [5.41, 5.74) is 0.659. The zero-order valence-electron chi connectivity index (χ0n) is 18.7. The Hall–Kier alpha value is -3.57. The summed E-state index contributed by atoms with van der Waals surface area (Å²) in [5, 5.41) is 11.7. The van der Waals surface area contributed by atoms with E-state index in [-0.39, 0.29) is 45.9 Å². The summed E-state index contributed by atoms with van der Waals surface area (Å²) in [6, 6.07) is 9.35. The van der Waals surface area contributed by atoms with Gasteiger partial charge in [0, 0.05) is 24.5 Å². The smallest absolute Gasteiger partial charge is 0.344 e. The maximum absolute atomic E-state index is 12.8. The number of halogens is 1. The van der Waals surface area contributed by atoms with Crippen LogP contribution in [0, 0.1) is 5.92 Å². The summed E-state index contributed by atoms with van der Waals surface area (Å²) >= 11 is 6.48. The first-order chi connectivity index (χ1) is 16.8. The first-order valence-corrected chi connectivity index (χ1v) is 12.3. The molecule has 0 aliphatic heterocycles. The number of rotatable bonds is 7. The van der Waals surface area contributed by atoms with Crippen LogP contribution in [0.3, 0.4) is 0 Å². The van der Waals surface area contributed by atoms with Crippen molar-refractivity contribution in [1.82, 2.24) is 20.2 Å². The maximum Gasteiger partial charge on any atom is 0.344 e. The highest BCUT2D eigenvalue weighted by atomic mass is 35.5. The Labute approximate surface area is 207 Å². The predicted octanol–water partition coefficient (Wildman–Crippen LogP) is 2.61. The first kappa shape index (κ1) is 24.6. The highest BCUT2D eigenvalue weighted by Gasteiger charge is 2.32. The lowest BCUT2D eigenvalue weighted by Gasteiger charge is -2.24. The summed E-state index contributed by atoms with van der Waals surface area (Å²) in [5.74, 6) is -0.855. The van der Waals surface area contributed by atoms with E-state index in [1.807, 2.05) is 30.3 Å². The molecule has 4 rings (SSSR count). The molecule has 0 bridgehead atoms. The third kappa shape index (κ3) is 5.57. The van der Waals surface area contributed by atoms with E-state index in [2.05, 4.69) is 15.5 Å². The maximum atomic E-state index is 12.8. The van der Waals surface area contributed by atoms with Gasteiger partial charge in [0.1, 0.15) is 18.1 Å². The third-order valence-corrected chi connectivity index (χ3v) is 6.73. The molecule has 0 N–H and O–H groups in total. The Morgan fingerprint density at radius 1 is 1.20 bits per heavy atom. The van der Waals surface area contributed by atoms with Gasteiger partial charge in [-0.25, -0.2) is 9.48 Å². The van der Waals surface area contributed by atoms with Crippen LogP contribution in [0.5, 0.6) is 0 Å². The van der Waals surface area contributed by atoms with Gasteiger partial charge in [-0.15, -0.1) is 5.10 Å². The Kier molecular flexibility index (Phi) is 7.57. The van der Waals surface area contributed by atoms with Crippen molar-refractivity contribution >= 4 is 38.5 Å². The predicted molar refractivity (Wildman–Crippen MR) is 126 cm³/mol. The molecular weight excluding hydrogens is 496 g/mol. The number of nitrogens with zero attached hydrogens (tertiary/aromatic N) is 4.